The predicted octanol–water partition coefficient (Wildman–Crippen LogP) is -0.794. The van der Waals surface area contributed by atoms with Crippen molar-refractivity contribution in [1.29, 1.82) is 0 Å². The van der Waals surface area contributed by atoms with Gasteiger partial charge >= 0.3 is 0 Å². The van der Waals surface area contributed by atoms with Crippen molar-refractivity contribution in [3.8, 4) is 0 Å². The van der Waals surface area contributed by atoms with Crippen LogP contribution in [-0.2, 0) is 4.74 Å². The molecule has 0 aliphatic carbocycles. The number of rotatable bonds is 2. The fraction of sp³-hybridized carbons (Fsp3) is 0.857. The van der Waals surface area contributed by atoms with E-state index in [9.17, 15) is 0 Å². The van der Waals surface area contributed by atoms with Gasteiger partial charge in [-0.3, -0.25) is 4.90 Å². The van der Waals surface area contributed by atoms with Crippen LogP contribution < -0.4 is 5.73 Å². The molecule has 2 heterocycles. The van der Waals surface area contributed by atoms with Crippen molar-refractivity contribution in [2.75, 3.05) is 19.7 Å². The monoisotopic (exact) mass is 171 g/mol. The average Bonchev–Trinajstić information content (AvgIpc) is 2.64. The molecule has 2 aliphatic rings. The van der Waals surface area contributed by atoms with Crippen molar-refractivity contribution >= 4 is 5.84 Å². The number of hydrogen-bond donors (Lipinski definition) is 2. The molecule has 2 bridgehead atoms. The minimum atomic E-state index is 0.280. The lowest BCUT2D eigenvalue weighted by Crippen LogP contribution is -2.42. The predicted molar refractivity (Wildman–Crippen MR) is 43.1 cm³/mol. The maximum Gasteiger partial charge on any atom is 0.153 e. The summed E-state index contributed by atoms with van der Waals surface area (Å²) < 4.78 is 5.41. The summed E-state index contributed by atoms with van der Waals surface area (Å²) in [5.74, 6) is 0.280. The molecule has 2 aliphatic heterocycles. The second-order valence-corrected chi connectivity index (χ2v) is 3.37. The van der Waals surface area contributed by atoms with E-state index in [1.54, 1.807) is 0 Å². The third-order valence-corrected chi connectivity index (χ3v) is 2.51. The molecular formula is C7H13N3O2. The lowest BCUT2D eigenvalue weighted by Gasteiger charge is -2.25. The van der Waals surface area contributed by atoms with Crippen LogP contribution in [0, 0.1) is 0 Å². The van der Waals surface area contributed by atoms with Crippen LogP contribution in [0.25, 0.3) is 0 Å². The molecule has 2 unspecified atom stereocenters. The molecule has 0 radical (unpaired) electrons. The van der Waals surface area contributed by atoms with Crippen LogP contribution in [-0.4, -0.2) is 47.8 Å². The van der Waals surface area contributed by atoms with Gasteiger partial charge in [-0.15, -0.1) is 0 Å². The Bertz CT molecular complexity index is 207. The van der Waals surface area contributed by atoms with Crippen LogP contribution >= 0.6 is 0 Å². The van der Waals surface area contributed by atoms with Crippen LogP contribution in [0.15, 0.2) is 5.16 Å². The Hall–Kier alpha value is -0.810. The van der Waals surface area contributed by atoms with Crippen LogP contribution in [0.4, 0.5) is 0 Å². The second kappa shape index (κ2) is 2.91. The minimum absolute atomic E-state index is 0.280. The molecule has 2 saturated heterocycles. The van der Waals surface area contributed by atoms with Crippen LogP contribution in [0.1, 0.15) is 6.42 Å². The van der Waals surface area contributed by atoms with E-state index in [2.05, 4.69) is 10.1 Å². The Balaban J connectivity index is 1.91. The van der Waals surface area contributed by atoms with Crippen molar-refractivity contribution in [2.24, 2.45) is 10.9 Å². The maximum atomic E-state index is 8.37. The van der Waals surface area contributed by atoms with E-state index in [0.717, 1.165) is 19.6 Å². The zero-order valence-corrected chi connectivity index (χ0v) is 6.81. The van der Waals surface area contributed by atoms with E-state index in [-0.39, 0.29) is 5.84 Å². The van der Waals surface area contributed by atoms with Gasteiger partial charge in [-0.25, -0.2) is 0 Å². The molecule has 0 aromatic rings. The van der Waals surface area contributed by atoms with Gasteiger partial charge in [0.25, 0.3) is 0 Å². The van der Waals surface area contributed by atoms with Crippen molar-refractivity contribution in [2.45, 2.75) is 18.6 Å². The van der Waals surface area contributed by atoms with Gasteiger partial charge in [0.2, 0.25) is 0 Å². The number of hydrogen-bond acceptors (Lipinski definition) is 4. The quantitative estimate of drug-likeness (QED) is 0.247. The zero-order chi connectivity index (χ0) is 8.55. The number of nitrogens with zero attached hydrogens (tertiary/aromatic N) is 2. The molecule has 5 heteroatoms. The van der Waals surface area contributed by atoms with Crippen molar-refractivity contribution in [3.63, 3.8) is 0 Å². The Morgan fingerprint density at radius 2 is 2.58 bits per heavy atom. The molecule has 2 fully saturated rings. The van der Waals surface area contributed by atoms with Crippen molar-refractivity contribution in [1.82, 2.24) is 4.90 Å². The van der Waals surface area contributed by atoms with E-state index in [4.69, 9.17) is 15.7 Å². The first kappa shape index (κ1) is 7.82. The Morgan fingerprint density at radius 3 is 3.08 bits per heavy atom. The van der Waals surface area contributed by atoms with E-state index in [0.29, 0.717) is 18.7 Å². The molecule has 68 valence electrons. The molecule has 5 nitrogen and oxygen atoms in total. The van der Waals surface area contributed by atoms with Gasteiger partial charge < -0.3 is 15.7 Å². The van der Waals surface area contributed by atoms with Crippen LogP contribution in [0.2, 0.25) is 0 Å². The first-order valence-electron chi connectivity index (χ1n) is 4.11. The van der Waals surface area contributed by atoms with Gasteiger partial charge in [0.05, 0.1) is 19.3 Å². The summed E-state index contributed by atoms with van der Waals surface area (Å²) in [7, 11) is 0. The molecule has 3 N–H and O–H groups in total. The van der Waals surface area contributed by atoms with Gasteiger partial charge in [-0.2, -0.15) is 0 Å². The number of nitrogens with two attached hydrogens (primary N) is 1. The summed E-state index contributed by atoms with van der Waals surface area (Å²) in [6, 6.07) is 0.482. The van der Waals surface area contributed by atoms with Crippen LogP contribution in [0.3, 0.4) is 0 Å². The molecular weight excluding hydrogens is 158 g/mol. The normalized spacial score (nSPS) is 36.2. The summed E-state index contributed by atoms with van der Waals surface area (Å²) >= 11 is 0. The van der Waals surface area contributed by atoms with Gasteiger partial charge in [0, 0.05) is 12.6 Å². The summed E-state index contributed by atoms with van der Waals surface area (Å²) in [5, 5.41) is 11.3. The van der Waals surface area contributed by atoms with Gasteiger partial charge in [0.1, 0.15) is 0 Å². The standard InChI is InChI=1S/C7H13N3O2/c8-7(9-11)3-10-2-6-1-5(10)4-12-6/h5-6,11H,1-4H2,(H2,8,9). The summed E-state index contributed by atoms with van der Waals surface area (Å²) in [5.41, 5.74) is 5.40. The SMILES string of the molecule is N/C(CN1CC2CC1CO2)=N\O. The van der Waals surface area contributed by atoms with Crippen molar-refractivity contribution in [3.05, 3.63) is 0 Å². The first-order valence-corrected chi connectivity index (χ1v) is 4.11. The molecule has 0 amide bonds. The van der Waals surface area contributed by atoms with Gasteiger partial charge in [-0.1, -0.05) is 5.16 Å². The summed E-state index contributed by atoms with van der Waals surface area (Å²) in [4.78, 5) is 2.20. The topological polar surface area (TPSA) is 71.1 Å². The maximum absolute atomic E-state index is 8.37. The molecule has 0 saturated carbocycles. The highest BCUT2D eigenvalue weighted by atomic mass is 16.5. The number of fused-ring (bicyclic) bond motifs is 2. The number of likely N-dealkylation sites (tertiary alicyclic amines) is 1. The fourth-order valence-corrected chi connectivity index (χ4v) is 1.91. The smallest absolute Gasteiger partial charge is 0.153 e. The number of morpholine rings is 1. The van der Waals surface area contributed by atoms with E-state index in [1.807, 2.05) is 0 Å². The molecule has 0 spiro atoms. The minimum Gasteiger partial charge on any atom is -0.409 e. The van der Waals surface area contributed by atoms with Gasteiger partial charge in [-0.05, 0) is 6.42 Å². The third-order valence-electron chi connectivity index (χ3n) is 2.51. The Kier molecular flexibility index (Phi) is 1.90. The Morgan fingerprint density at radius 1 is 1.75 bits per heavy atom. The molecule has 12 heavy (non-hydrogen) atoms. The highest BCUT2D eigenvalue weighted by Gasteiger charge is 2.38. The number of oxime groups is 1. The zero-order valence-electron chi connectivity index (χ0n) is 6.81. The van der Waals surface area contributed by atoms with Gasteiger partial charge in [0.15, 0.2) is 5.84 Å². The molecule has 2 rings (SSSR count). The molecule has 0 aromatic carbocycles. The van der Waals surface area contributed by atoms with Crippen molar-refractivity contribution < 1.29 is 9.94 Å². The summed E-state index contributed by atoms with van der Waals surface area (Å²) in [6.07, 6.45) is 1.47. The summed E-state index contributed by atoms with van der Waals surface area (Å²) in [6.45, 7) is 2.27. The highest BCUT2D eigenvalue weighted by molar-refractivity contribution is 5.81. The lowest BCUT2D eigenvalue weighted by atomic mass is 10.2. The average molecular weight is 171 g/mol. The Labute approximate surface area is 70.8 Å². The lowest BCUT2D eigenvalue weighted by molar-refractivity contribution is 0.0368. The van der Waals surface area contributed by atoms with E-state index >= 15 is 0 Å². The van der Waals surface area contributed by atoms with Crippen LogP contribution in [0.5, 0.6) is 0 Å². The van der Waals surface area contributed by atoms with E-state index in [1.165, 1.54) is 0 Å². The van der Waals surface area contributed by atoms with E-state index < -0.39 is 0 Å². The molecule has 0 aromatic heterocycles. The largest absolute Gasteiger partial charge is 0.409 e. The number of ether oxygens (including phenoxy) is 1. The molecule has 2 atom stereocenters. The fourth-order valence-electron chi connectivity index (χ4n) is 1.91. The number of amidine groups is 1. The second-order valence-electron chi connectivity index (χ2n) is 3.37. The highest BCUT2D eigenvalue weighted by Crippen LogP contribution is 2.26. The first-order chi connectivity index (χ1) is 5.79. The third kappa shape index (κ3) is 1.25.